The van der Waals surface area contributed by atoms with Crippen molar-refractivity contribution in [3.63, 3.8) is 0 Å². The number of aliphatic imine (C=N–C) groups is 1. The molecule has 0 atom stereocenters. The smallest absolute Gasteiger partial charge is 0.305 e. The zero-order valence-corrected chi connectivity index (χ0v) is 13.6. The van der Waals surface area contributed by atoms with E-state index >= 15 is 0 Å². The van der Waals surface area contributed by atoms with Gasteiger partial charge in [-0.3, -0.25) is 9.79 Å². The lowest BCUT2D eigenvalue weighted by molar-refractivity contribution is -0.142. The molecular formula is C13H19Cl2N3O2. The summed E-state index contributed by atoms with van der Waals surface area (Å²) < 4.78 is 4.55. The normalized spacial score (nSPS) is 10.1. The zero-order valence-electron chi connectivity index (χ0n) is 12.1. The number of hydrogen-bond acceptors (Lipinski definition) is 5. The SMILES string of the molecule is CCC=Nc1c(C)nc(Cl)nc1Cl.CCOC(=O)CC. The minimum Gasteiger partial charge on any atom is -0.466 e. The fourth-order valence-corrected chi connectivity index (χ4v) is 1.61. The Kier molecular flexibility index (Phi) is 9.94. The number of carbonyl (C=O) groups excluding carboxylic acids is 1. The molecule has 0 bridgehead atoms. The molecule has 0 N–H and O–H groups in total. The molecule has 5 nitrogen and oxygen atoms in total. The minimum absolute atomic E-state index is 0.123. The summed E-state index contributed by atoms with van der Waals surface area (Å²) in [6.07, 6.45) is 3.08. The predicted molar refractivity (Wildman–Crippen MR) is 82.2 cm³/mol. The molecule has 112 valence electrons. The first kappa shape index (κ1) is 18.8. The Morgan fingerprint density at radius 3 is 2.35 bits per heavy atom. The molecule has 0 aliphatic rings. The molecule has 1 aromatic heterocycles. The van der Waals surface area contributed by atoms with Crippen LogP contribution in [0, 0.1) is 6.92 Å². The first-order valence-electron chi connectivity index (χ1n) is 6.33. The number of rotatable bonds is 4. The van der Waals surface area contributed by atoms with E-state index in [2.05, 4.69) is 19.7 Å². The van der Waals surface area contributed by atoms with E-state index in [1.807, 2.05) is 6.92 Å². The monoisotopic (exact) mass is 319 g/mol. The first-order chi connectivity index (χ1) is 9.46. The second-order valence-corrected chi connectivity index (χ2v) is 4.29. The molecule has 1 aromatic rings. The Labute approximate surface area is 129 Å². The minimum atomic E-state index is -0.123. The second-order valence-electron chi connectivity index (χ2n) is 3.60. The van der Waals surface area contributed by atoms with Crippen molar-refractivity contribution in [2.24, 2.45) is 4.99 Å². The van der Waals surface area contributed by atoms with Gasteiger partial charge < -0.3 is 4.74 Å². The average Bonchev–Trinajstić information content (AvgIpc) is 2.38. The van der Waals surface area contributed by atoms with Crippen LogP contribution in [0.4, 0.5) is 5.69 Å². The summed E-state index contributed by atoms with van der Waals surface area (Å²) in [5.74, 6) is -0.123. The van der Waals surface area contributed by atoms with Crippen LogP contribution in [0.15, 0.2) is 4.99 Å². The van der Waals surface area contributed by atoms with Crippen LogP contribution in [0.2, 0.25) is 10.4 Å². The van der Waals surface area contributed by atoms with Crippen LogP contribution >= 0.6 is 23.2 Å². The van der Waals surface area contributed by atoms with E-state index in [1.54, 1.807) is 27.0 Å². The molecule has 0 amide bonds. The van der Waals surface area contributed by atoms with Crippen LogP contribution in [-0.4, -0.2) is 28.8 Å². The molecule has 0 aromatic carbocycles. The van der Waals surface area contributed by atoms with Gasteiger partial charge in [-0.15, -0.1) is 0 Å². The highest BCUT2D eigenvalue weighted by Crippen LogP contribution is 2.26. The van der Waals surface area contributed by atoms with Crippen LogP contribution in [0.1, 0.15) is 39.3 Å². The van der Waals surface area contributed by atoms with Gasteiger partial charge in [0.25, 0.3) is 0 Å². The van der Waals surface area contributed by atoms with E-state index in [9.17, 15) is 4.79 Å². The van der Waals surface area contributed by atoms with Crippen molar-refractivity contribution in [3.8, 4) is 0 Å². The van der Waals surface area contributed by atoms with Gasteiger partial charge in [-0.05, 0) is 31.9 Å². The van der Waals surface area contributed by atoms with Gasteiger partial charge in [0.1, 0.15) is 5.69 Å². The Bertz CT molecular complexity index is 442. The van der Waals surface area contributed by atoms with Gasteiger partial charge in [0.2, 0.25) is 5.28 Å². The molecule has 0 aliphatic carbocycles. The lowest BCUT2D eigenvalue weighted by Crippen LogP contribution is -2.00. The number of carbonyl (C=O) groups is 1. The van der Waals surface area contributed by atoms with Crippen molar-refractivity contribution in [2.75, 3.05) is 6.61 Å². The van der Waals surface area contributed by atoms with Crippen molar-refractivity contribution >= 4 is 41.1 Å². The van der Waals surface area contributed by atoms with Gasteiger partial charge >= 0.3 is 5.97 Å². The Morgan fingerprint density at radius 1 is 1.30 bits per heavy atom. The third-order valence-corrected chi connectivity index (χ3v) is 2.42. The van der Waals surface area contributed by atoms with Gasteiger partial charge in [-0.2, -0.15) is 0 Å². The molecule has 0 fully saturated rings. The molecule has 1 rings (SSSR count). The lowest BCUT2D eigenvalue weighted by atomic mass is 10.4. The van der Waals surface area contributed by atoms with Crippen LogP contribution in [0.3, 0.4) is 0 Å². The molecule has 0 spiro atoms. The number of ether oxygens (including phenoxy) is 1. The summed E-state index contributed by atoms with van der Waals surface area (Å²) in [5.41, 5.74) is 1.28. The van der Waals surface area contributed by atoms with Crippen molar-refractivity contribution < 1.29 is 9.53 Å². The molecule has 0 aliphatic heterocycles. The van der Waals surface area contributed by atoms with Crippen molar-refractivity contribution in [2.45, 2.75) is 40.5 Å². The molecule has 0 unspecified atom stereocenters. The van der Waals surface area contributed by atoms with E-state index in [-0.39, 0.29) is 11.3 Å². The van der Waals surface area contributed by atoms with Crippen LogP contribution in [0.25, 0.3) is 0 Å². The largest absolute Gasteiger partial charge is 0.466 e. The number of nitrogens with zero attached hydrogens (tertiary/aromatic N) is 3. The number of aryl methyl sites for hydroxylation is 1. The van der Waals surface area contributed by atoms with Gasteiger partial charge in [0, 0.05) is 12.6 Å². The highest BCUT2D eigenvalue weighted by atomic mass is 35.5. The Balaban J connectivity index is 0.000000441. The summed E-state index contributed by atoms with van der Waals surface area (Å²) in [5, 5.41) is 0.445. The highest BCUT2D eigenvalue weighted by Gasteiger charge is 2.06. The predicted octanol–water partition coefficient (Wildman–Crippen LogP) is 4.16. The Morgan fingerprint density at radius 2 is 1.95 bits per heavy atom. The van der Waals surface area contributed by atoms with Crippen molar-refractivity contribution in [1.82, 2.24) is 9.97 Å². The van der Waals surface area contributed by atoms with Crippen LogP contribution < -0.4 is 0 Å². The number of halogens is 2. The van der Waals surface area contributed by atoms with Crippen LogP contribution in [-0.2, 0) is 9.53 Å². The highest BCUT2D eigenvalue weighted by molar-refractivity contribution is 6.33. The molecule has 0 saturated heterocycles. The Hall–Kier alpha value is -1.20. The quantitative estimate of drug-likeness (QED) is 0.361. The molecule has 7 heteroatoms. The molecule has 0 saturated carbocycles. The summed E-state index contributed by atoms with van der Waals surface area (Å²) >= 11 is 11.4. The van der Waals surface area contributed by atoms with Crippen LogP contribution in [0.5, 0.6) is 0 Å². The third kappa shape index (κ3) is 7.40. The summed E-state index contributed by atoms with van der Waals surface area (Å²) in [7, 11) is 0. The molecule has 20 heavy (non-hydrogen) atoms. The molecular weight excluding hydrogens is 301 g/mol. The van der Waals surface area contributed by atoms with E-state index in [0.29, 0.717) is 29.6 Å². The summed E-state index contributed by atoms with van der Waals surface area (Å²) in [6, 6.07) is 0. The van der Waals surface area contributed by atoms with E-state index < -0.39 is 0 Å². The zero-order chi connectivity index (χ0) is 15.5. The fourth-order valence-electron chi connectivity index (χ4n) is 1.09. The van der Waals surface area contributed by atoms with Gasteiger partial charge in [-0.1, -0.05) is 25.4 Å². The fraction of sp³-hybridized carbons (Fsp3) is 0.538. The topological polar surface area (TPSA) is 64.4 Å². The summed E-state index contributed by atoms with van der Waals surface area (Å²) in [4.78, 5) is 22.1. The number of hydrogen-bond donors (Lipinski definition) is 0. The van der Waals surface area contributed by atoms with Gasteiger partial charge in [0.05, 0.1) is 12.3 Å². The van der Waals surface area contributed by atoms with Gasteiger partial charge in [0.15, 0.2) is 5.15 Å². The average molecular weight is 320 g/mol. The van der Waals surface area contributed by atoms with Crippen molar-refractivity contribution in [3.05, 3.63) is 16.1 Å². The molecule has 1 heterocycles. The standard InChI is InChI=1S/C8H9Cl2N3.C5H10O2/c1-3-4-11-6-5(2)12-8(10)13-7(6)9;1-3-5(6)7-4-2/h4H,3H2,1-2H3;3-4H2,1-2H3. The maximum Gasteiger partial charge on any atom is 0.305 e. The van der Waals surface area contributed by atoms with E-state index in [4.69, 9.17) is 23.2 Å². The second kappa shape index (κ2) is 10.6. The molecule has 0 radical (unpaired) electrons. The number of esters is 1. The maximum absolute atomic E-state index is 10.2. The van der Waals surface area contributed by atoms with Crippen molar-refractivity contribution in [1.29, 1.82) is 0 Å². The summed E-state index contributed by atoms with van der Waals surface area (Å²) in [6.45, 7) is 7.85. The first-order valence-corrected chi connectivity index (χ1v) is 7.09. The lowest BCUT2D eigenvalue weighted by Gasteiger charge is -2.00. The van der Waals surface area contributed by atoms with Gasteiger partial charge in [-0.25, -0.2) is 9.97 Å². The third-order valence-electron chi connectivity index (χ3n) is 1.99. The number of aromatic nitrogens is 2. The van der Waals surface area contributed by atoms with E-state index in [1.165, 1.54) is 0 Å². The van der Waals surface area contributed by atoms with E-state index in [0.717, 1.165) is 6.42 Å². The maximum atomic E-state index is 10.2.